The number of nitrogens with one attached hydrogen (secondary N) is 1. The molecule has 0 unspecified atom stereocenters. The molecular formula is C8H4ClF2NO2S. The van der Waals surface area contributed by atoms with Gasteiger partial charge in [-0.2, -0.15) is 0 Å². The molecule has 1 N–H and O–H groups in total. The van der Waals surface area contributed by atoms with Crippen molar-refractivity contribution in [1.82, 2.24) is 4.98 Å². The van der Waals surface area contributed by atoms with Gasteiger partial charge in [0.2, 0.25) is 0 Å². The van der Waals surface area contributed by atoms with Crippen LogP contribution in [0, 0.1) is 11.6 Å². The first-order valence-corrected chi connectivity index (χ1v) is 6.12. The quantitative estimate of drug-likeness (QED) is 0.791. The summed E-state index contributed by atoms with van der Waals surface area (Å²) in [5.74, 6) is -1.58. The summed E-state index contributed by atoms with van der Waals surface area (Å²) in [6.45, 7) is 0. The lowest BCUT2D eigenvalue weighted by molar-refractivity contribution is 0.606. The Kier molecular flexibility index (Phi) is 2.20. The molecule has 0 atom stereocenters. The highest BCUT2D eigenvalue weighted by atomic mass is 35.7. The van der Waals surface area contributed by atoms with Gasteiger partial charge in [-0.15, -0.1) is 0 Å². The van der Waals surface area contributed by atoms with Gasteiger partial charge >= 0.3 is 0 Å². The van der Waals surface area contributed by atoms with E-state index in [0.717, 1.165) is 18.3 Å². The van der Waals surface area contributed by atoms with Crippen LogP contribution in [-0.2, 0) is 9.05 Å². The molecule has 0 radical (unpaired) electrons. The highest BCUT2D eigenvalue weighted by Gasteiger charge is 2.20. The molecule has 15 heavy (non-hydrogen) atoms. The van der Waals surface area contributed by atoms with Crippen molar-refractivity contribution < 1.29 is 17.2 Å². The van der Waals surface area contributed by atoms with Crippen LogP contribution in [-0.4, -0.2) is 13.4 Å². The summed E-state index contributed by atoms with van der Waals surface area (Å²) in [4.78, 5) is 1.86. The summed E-state index contributed by atoms with van der Waals surface area (Å²) in [5.41, 5.74) is -0.214. The normalized spacial score (nSPS) is 12.2. The average molecular weight is 252 g/mol. The first-order valence-electron chi connectivity index (χ1n) is 3.81. The Bertz CT molecular complexity index is 635. The fourth-order valence-electron chi connectivity index (χ4n) is 1.34. The number of hydrogen-bond donors (Lipinski definition) is 1. The third-order valence-electron chi connectivity index (χ3n) is 1.96. The van der Waals surface area contributed by atoms with E-state index < -0.39 is 25.6 Å². The number of aromatic amines is 1. The first kappa shape index (κ1) is 10.4. The monoisotopic (exact) mass is 251 g/mol. The predicted molar refractivity (Wildman–Crippen MR) is 51.3 cm³/mol. The van der Waals surface area contributed by atoms with E-state index in [0.29, 0.717) is 0 Å². The van der Waals surface area contributed by atoms with E-state index in [4.69, 9.17) is 10.7 Å². The summed E-state index contributed by atoms with van der Waals surface area (Å²) in [6, 6.07) is 1.75. The van der Waals surface area contributed by atoms with E-state index in [2.05, 4.69) is 4.98 Å². The van der Waals surface area contributed by atoms with Crippen molar-refractivity contribution in [3.63, 3.8) is 0 Å². The fraction of sp³-hybridized carbons (Fsp3) is 0. The van der Waals surface area contributed by atoms with Crippen LogP contribution in [0.4, 0.5) is 8.78 Å². The molecule has 0 aliphatic heterocycles. The van der Waals surface area contributed by atoms with Gasteiger partial charge in [-0.25, -0.2) is 17.2 Å². The summed E-state index contributed by atoms with van der Waals surface area (Å²) in [6.07, 6.45) is 0.958. The van der Waals surface area contributed by atoms with Gasteiger partial charge in [0.1, 0.15) is 16.5 Å². The van der Waals surface area contributed by atoms with Crippen LogP contribution in [0.3, 0.4) is 0 Å². The topological polar surface area (TPSA) is 49.9 Å². The largest absolute Gasteiger partial charge is 0.357 e. The molecule has 0 bridgehead atoms. The van der Waals surface area contributed by atoms with E-state index in [1.54, 1.807) is 0 Å². The molecule has 7 heteroatoms. The van der Waals surface area contributed by atoms with Gasteiger partial charge in [0.25, 0.3) is 9.05 Å². The van der Waals surface area contributed by atoms with Gasteiger partial charge in [-0.05, 0) is 12.1 Å². The minimum Gasteiger partial charge on any atom is -0.357 e. The van der Waals surface area contributed by atoms with Crippen LogP contribution in [0.2, 0.25) is 0 Å². The standard InChI is InChI=1S/C8H4ClF2NO2S/c9-15(13,14)6-3-12-8-5(11)2-1-4(10)7(6)8/h1-3,12H. The molecule has 3 nitrogen and oxygen atoms in total. The van der Waals surface area contributed by atoms with E-state index in [9.17, 15) is 17.2 Å². The highest BCUT2D eigenvalue weighted by Crippen LogP contribution is 2.29. The van der Waals surface area contributed by atoms with Crippen LogP contribution in [0.5, 0.6) is 0 Å². The van der Waals surface area contributed by atoms with Crippen LogP contribution < -0.4 is 0 Å². The minimum absolute atomic E-state index is 0.214. The van der Waals surface area contributed by atoms with E-state index >= 15 is 0 Å². The third kappa shape index (κ3) is 1.59. The Morgan fingerprint density at radius 2 is 1.80 bits per heavy atom. The SMILES string of the molecule is O=S(=O)(Cl)c1c[nH]c2c(F)ccc(F)c12. The minimum atomic E-state index is -4.09. The Morgan fingerprint density at radius 1 is 1.20 bits per heavy atom. The molecule has 2 aromatic rings. The van der Waals surface area contributed by atoms with Crippen molar-refractivity contribution in [3.05, 3.63) is 30.0 Å². The molecular weight excluding hydrogens is 248 g/mol. The maximum Gasteiger partial charge on any atom is 0.263 e. The summed E-state index contributed by atoms with van der Waals surface area (Å²) < 4.78 is 48.5. The van der Waals surface area contributed by atoms with Gasteiger partial charge < -0.3 is 4.98 Å². The molecule has 2 rings (SSSR count). The number of aromatic nitrogens is 1. The molecule has 1 aromatic carbocycles. The highest BCUT2D eigenvalue weighted by molar-refractivity contribution is 8.14. The zero-order chi connectivity index (χ0) is 11.2. The number of benzene rings is 1. The second kappa shape index (κ2) is 3.18. The van der Waals surface area contributed by atoms with Gasteiger partial charge in [-0.3, -0.25) is 0 Å². The molecule has 0 amide bonds. The van der Waals surface area contributed by atoms with Crippen LogP contribution in [0.25, 0.3) is 10.9 Å². The van der Waals surface area contributed by atoms with Gasteiger partial charge in [0.05, 0.1) is 10.9 Å². The summed E-state index contributed by atoms with van der Waals surface area (Å²) in [5, 5.41) is -0.356. The lowest BCUT2D eigenvalue weighted by Gasteiger charge is -1.96. The van der Waals surface area contributed by atoms with E-state index in [1.807, 2.05) is 0 Å². The molecule has 80 valence electrons. The predicted octanol–water partition coefficient (Wildman–Crippen LogP) is 2.37. The average Bonchev–Trinajstić information content (AvgIpc) is 2.55. The number of H-pyrrole nitrogens is 1. The van der Waals surface area contributed by atoms with Crippen LogP contribution in [0.1, 0.15) is 0 Å². The molecule has 0 spiro atoms. The van der Waals surface area contributed by atoms with Crippen molar-refractivity contribution in [2.45, 2.75) is 4.90 Å². The summed E-state index contributed by atoms with van der Waals surface area (Å²) in [7, 11) is 0.975. The number of fused-ring (bicyclic) bond motifs is 1. The Balaban J connectivity index is 2.98. The lowest BCUT2D eigenvalue weighted by Crippen LogP contribution is -1.90. The van der Waals surface area contributed by atoms with Gasteiger partial charge in [0, 0.05) is 16.9 Å². The van der Waals surface area contributed by atoms with E-state index in [1.165, 1.54) is 0 Å². The Morgan fingerprint density at radius 3 is 2.40 bits per heavy atom. The van der Waals surface area contributed by atoms with Crippen molar-refractivity contribution in [1.29, 1.82) is 0 Å². The van der Waals surface area contributed by atoms with Crippen molar-refractivity contribution in [2.75, 3.05) is 0 Å². The zero-order valence-corrected chi connectivity index (χ0v) is 8.66. The molecule has 1 heterocycles. The lowest BCUT2D eigenvalue weighted by atomic mass is 10.2. The van der Waals surface area contributed by atoms with Gasteiger partial charge in [-0.1, -0.05) is 0 Å². The molecule has 0 saturated heterocycles. The molecule has 0 saturated carbocycles. The Labute approximate surface area is 88.1 Å². The smallest absolute Gasteiger partial charge is 0.263 e. The Hall–Kier alpha value is -1.14. The molecule has 0 aliphatic rings. The second-order valence-corrected chi connectivity index (χ2v) is 5.40. The van der Waals surface area contributed by atoms with E-state index in [-0.39, 0.29) is 10.9 Å². The second-order valence-electron chi connectivity index (χ2n) is 2.87. The number of rotatable bonds is 1. The van der Waals surface area contributed by atoms with Crippen LogP contribution >= 0.6 is 10.7 Å². The summed E-state index contributed by atoms with van der Waals surface area (Å²) >= 11 is 0. The first-order chi connectivity index (χ1) is 6.91. The zero-order valence-electron chi connectivity index (χ0n) is 7.09. The van der Waals surface area contributed by atoms with Crippen molar-refractivity contribution in [3.8, 4) is 0 Å². The number of halogens is 3. The van der Waals surface area contributed by atoms with Gasteiger partial charge in [0.15, 0.2) is 0 Å². The number of hydrogen-bond acceptors (Lipinski definition) is 2. The van der Waals surface area contributed by atoms with Crippen molar-refractivity contribution in [2.24, 2.45) is 0 Å². The third-order valence-corrected chi connectivity index (χ3v) is 3.31. The molecule has 0 aliphatic carbocycles. The maximum atomic E-state index is 13.3. The van der Waals surface area contributed by atoms with Crippen LogP contribution in [0.15, 0.2) is 23.2 Å². The van der Waals surface area contributed by atoms with Crippen molar-refractivity contribution >= 4 is 30.6 Å². The maximum absolute atomic E-state index is 13.3. The fourth-order valence-corrected chi connectivity index (χ4v) is 2.34. The molecule has 1 aromatic heterocycles. The molecule has 0 fully saturated rings.